The number of hydrogen-bond acceptors (Lipinski definition) is 2. The van der Waals surface area contributed by atoms with Crippen molar-refractivity contribution < 1.29 is 9.59 Å². The number of rotatable bonds is 9. The van der Waals surface area contributed by atoms with Gasteiger partial charge in [-0.05, 0) is 24.1 Å². The van der Waals surface area contributed by atoms with Crippen LogP contribution in [0.5, 0.6) is 0 Å². The summed E-state index contributed by atoms with van der Waals surface area (Å²) in [7, 11) is 1.98. The van der Waals surface area contributed by atoms with Crippen molar-refractivity contribution in [2.75, 3.05) is 13.1 Å². The first-order chi connectivity index (χ1) is 12.9. The van der Waals surface area contributed by atoms with Gasteiger partial charge in [-0.25, -0.2) is 0 Å². The molecule has 5 nitrogen and oxygen atoms in total. The van der Waals surface area contributed by atoms with Gasteiger partial charge in [0, 0.05) is 37.9 Å². The Morgan fingerprint density at radius 2 is 1.70 bits per heavy atom. The van der Waals surface area contributed by atoms with Gasteiger partial charge in [0.05, 0.1) is 13.1 Å². The Labute approximate surface area is 162 Å². The van der Waals surface area contributed by atoms with Crippen molar-refractivity contribution in [3.05, 3.63) is 59.9 Å². The number of amides is 2. The van der Waals surface area contributed by atoms with Crippen molar-refractivity contribution in [1.29, 1.82) is 0 Å². The molecule has 2 amide bonds. The molecule has 0 N–H and O–H groups in total. The van der Waals surface area contributed by atoms with Crippen molar-refractivity contribution in [1.82, 2.24) is 14.4 Å². The molecule has 0 atom stereocenters. The topological polar surface area (TPSA) is 45.6 Å². The van der Waals surface area contributed by atoms with E-state index in [1.807, 2.05) is 85.9 Å². The lowest BCUT2D eigenvalue weighted by atomic mass is 10.1. The fourth-order valence-corrected chi connectivity index (χ4v) is 3.06. The maximum Gasteiger partial charge on any atom is 0.242 e. The van der Waals surface area contributed by atoms with Crippen LogP contribution in [0.1, 0.15) is 38.4 Å². The average molecular weight is 370 g/mol. The first-order valence-electron chi connectivity index (χ1n) is 9.63. The second kappa shape index (κ2) is 9.95. The van der Waals surface area contributed by atoms with Crippen molar-refractivity contribution in [2.45, 2.75) is 40.3 Å². The van der Waals surface area contributed by atoms with Crippen molar-refractivity contribution in [3.63, 3.8) is 0 Å². The molecule has 5 heteroatoms. The first kappa shape index (κ1) is 20.7. The molecule has 0 saturated carbocycles. The zero-order chi connectivity index (χ0) is 19.8. The summed E-state index contributed by atoms with van der Waals surface area (Å²) in [5.74, 6) is -0.106. The highest BCUT2D eigenvalue weighted by Crippen LogP contribution is 2.12. The van der Waals surface area contributed by atoms with Crippen molar-refractivity contribution >= 4 is 11.8 Å². The Kier molecular flexibility index (Phi) is 7.65. The van der Waals surface area contributed by atoms with E-state index in [0.29, 0.717) is 19.6 Å². The van der Waals surface area contributed by atoms with Gasteiger partial charge in [-0.3, -0.25) is 9.59 Å². The maximum atomic E-state index is 13.1. The third-order valence-electron chi connectivity index (χ3n) is 4.60. The first-order valence-corrected chi connectivity index (χ1v) is 9.63. The lowest BCUT2D eigenvalue weighted by Crippen LogP contribution is -2.44. The zero-order valence-electron chi connectivity index (χ0n) is 16.9. The lowest BCUT2D eigenvalue weighted by Gasteiger charge is -2.29. The van der Waals surface area contributed by atoms with Gasteiger partial charge in [0.2, 0.25) is 11.8 Å². The summed E-state index contributed by atoms with van der Waals surface area (Å²) >= 11 is 0. The highest BCUT2D eigenvalue weighted by atomic mass is 16.2. The smallest absolute Gasteiger partial charge is 0.242 e. The van der Waals surface area contributed by atoms with Crippen LogP contribution in [-0.4, -0.2) is 39.3 Å². The molecule has 0 bridgehead atoms. The van der Waals surface area contributed by atoms with Crippen molar-refractivity contribution in [3.8, 4) is 0 Å². The van der Waals surface area contributed by atoms with Crippen molar-refractivity contribution in [2.24, 2.45) is 13.0 Å². The summed E-state index contributed by atoms with van der Waals surface area (Å²) in [6.45, 7) is 7.56. The van der Waals surface area contributed by atoms with Gasteiger partial charge in [-0.15, -0.1) is 0 Å². The Morgan fingerprint density at radius 1 is 1.00 bits per heavy atom. The fourth-order valence-electron chi connectivity index (χ4n) is 3.06. The van der Waals surface area contributed by atoms with Crippen LogP contribution in [0.25, 0.3) is 0 Å². The number of aryl methyl sites for hydroxylation is 1. The Balaban J connectivity index is 2.18. The third-order valence-corrected chi connectivity index (χ3v) is 4.60. The Bertz CT molecular complexity index is 737. The van der Waals surface area contributed by atoms with E-state index >= 15 is 0 Å². The summed E-state index contributed by atoms with van der Waals surface area (Å²) in [5, 5.41) is 0. The van der Waals surface area contributed by atoms with Crippen LogP contribution in [0, 0.1) is 5.92 Å². The Morgan fingerprint density at radius 3 is 2.26 bits per heavy atom. The van der Waals surface area contributed by atoms with E-state index in [2.05, 4.69) is 0 Å². The van der Waals surface area contributed by atoms with E-state index in [-0.39, 0.29) is 24.3 Å². The van der Waals surface area contributed by atoms with Gasteiger partial charge in [-0.1, -0.05) is 51.1 Å². The van der Waals surface area contributed by atoms with Crippen LogP contribution in [0.3, 0.4) is 0 Å². The molecule has 1 aromatic heterocycles. The molecule has 27 heavy (non-hydrogen) atoms. The van der Waals surface area contributed by atoms with Crippen LogP contribution in [0.2, 0.25) is 0 Å². The van der Waals surface area contributed by atoms with E-state index in [1.165, 1.54) is 0 Å². The van der Waals surface area contributed by atoms with Crippen LogP contribution in [0.4, 0.5) is 0 Å². The summed E-state index contributed by atoms with van der Waals surface area (Å²) in [4.78, 5) is 29.1. The molecule has 2 rings (SSSR count). The van der Waals surface area contributed by atoms with Crippen LogP contribution in [0.15, 0.2) is 48.7 Å². The Hall–Kier alpha value is -2.56. The molecule has 1 heterocycles. The van der Waals surface area contributed by atoms with E-state index in [4.69, 9.17) is 0 Å². The largest absolute Gasteiger partial charge is 0.353 e. The highest BCUT2D eigenvalue weighted by Gasteiger charge is 2.23. The van der Waals surface area contributed by atoms with E-state index in [9.17, 15) is 9.59 Å². The second-order valence-electron chi connectivity index (χ2n) is 7.26. The molecule has 0 aliphatic carbocycles. The number of nitrogens with zero attached hydrogens (tertiary/aromatic N) is 3. The lowest BCUT2D eigenvalue weighted by molar-refractivity contribution is -0.143. The quantitative estimate of drug-likeness (QED) is 0.680. The van der Waals surface area contributed by atoms with Crippen LogP contribution >= 0.6 is 0 Å². The number of carbonyl (C=O) groups is 2. The molecular weight excluding hydrogens is 338 g/mol. The molecular formula is C22H31N3O2. The van der Waals surface area contributed by atoms with E-state index in [1.54, 1.807) is 4.90 Å². The fraction of sp³-hybridized carbons (Fsp3) is 0.455. The van der Waals surface area contributed by atoms with E-state index in [0.717, 1.165) is 17.7 Å². The average Bonchev–Trinajstić information content (AvgIpc) is 3.05. The number of aromatic nitrogens is 1. The molecule has 0 unspecified atom stereocenters. The monoisotopic (exact) mass is 369 g/mol. The normalized spacial score (nSPS) is 10.9. The zero-order valence-corrected chi connectivity index (χ0v) is 16.9. The molecule has 1 aromatic carbocycles. The molecule has 0 fully saturated rings. The van der Waals surface area contributed by atoms with Crippen LogP contribution < -0.4 is 0 Å². The van der Waals surface area contributed by atoms with Gasteiger partial charge in [0.15, 0.2) is 0 Å². The summed E-state index contributed by atoms with van der Waals surface area (Å²) in [6.07, 6.45) is 2.81. The molecule has 0 spiro atoms. The minimum Gasteiger partial charge on any atom is -0.353 e. The number of carbonyl (C=O) groups excluding carboxylic acids is 2. The molecule has 0 aliphatic heterocycles. The number of hydrogen-bond donors (Lipinski definition) is 0. The summed E-state index contributed by atoms with van der Waals surface area (Å²) < 4.78 is 2.02. The predicted octanol–water partition coefficient (Wildman–Crippen LogP) is 3.45. The SMILES string of the molecule is CCCN(CC(=O)N(Cc1ccccc1)Cc1cccn1C)C(=O)C(C)C. The minimum absolute atomic E-state index is 0.0255. The molecule has 0 aliphatic rings. The predicted molar refractivity (Wildman–Crippen MR) is 108 cm³/mol. The summed E-state index contributed by atoms with van der Waals surface area (Å²) in [5.41, 5.74) is 2.15. The molecule has 0 radical (unpaired) electrons. The molecule has 2 aromatic rings. The maximum absolute atomic E-state index is 13.1. The second-order valence-corrected chi connectivity index (χ2v) is 7.26. The molecule has 0 saturated heterocycles. The van der Waals surface area contributed by atoms with Crippen LogP contribution in [-0.2, 0) is 29.7 Å². The van der Waals surface area contributed by atoms with Gasteiger partial charge < -0.3 is 14.4 Å². The standard InChI is InChI=1S/C22H31N3O2/c1-5-13-24(22(27)18(2)3)17-21(26)25(15-19-10-7-6-8-11-19)16-20-12-9-14-23(20)4/h6-12,14,18H,5,13,15-17H2,1-4H3. The molecule has 146 valence electrons. The van der Waals surface area contributed by atoms with Gasteiger partial charge >= 0.3 is 0 Å². The minimum atomic E-state index is -0.111. The van der Waals surface area contributed by atoms with Gasteiger partial charge in [0.25, 0.3) is 0 Å². The van der Waals surface area contributed by atoms with Gasteiger partial charge in [-0.2, -0.15) is 0 Å². The third kappa shape index (κ3) is 5.98. The van der Waals surface area contributed by atoms with Gasteiger partial charge in [0.1, 0.15) is 0 Å². The number of benzene rings is 1. The van der Waals surface area contributed by atoms with E-state index < -0.39 is 0 Å². The highest BCUT2D eigenvalue weighted by molar-refractivity contribution is 5.85. The summed E-state index contributed by atoms with van der Waals surface area (Å²) in [6, 6.07) is 14.0.